The quantitative estimate of drug-likeness (QED) is 0.773. The Morgan fingerprint density at radius 1 is 1.13 bits per heavy atom. The summed E-state index contributed by atoms with van der Waals surface area (Å²) in [6, 6.07) is 11.7. The molecule has 23 heavy (non-hydrogen) atoms. The highest BCUT2D eigenvalue weighted by Crippen LogP contribution is 2.25. The Kier molecular flexibility index (Phi) is 4.14. The van der Waals surface area contributed by atoms with Crippen LogP contribution in [0.25, 0.3) is 11.3 Å². The van der Waals surface area contributed by atoms with Crippen LogP contribution < -0.4 is 4.72 Å². The monoisotopic (exact) mass is 348 g/mol. The van der Waals surface area contributed by atoms with Crippen molar-refractivity contribution in [2.24, 2.45) is 0 Å². The smallest absolute Gasteiger partial charge is 0.261 e. The second-order valence-electron chi connectivity index (χ2n) is 4.89. The van der Waals surface area contributed by atoms with Crippen LogP contribution in [0.15, 0.2) is 58.8 Å². The van der Waals surface area contributed by atoms with E-state index in [0.717, 1.165) is 28.4 Å². The van der Waals surface area contributed by atoms with Gasteiger partial charge in [-0.1, -0.05) is 12.1 Å². The zero-order valence-electron chi connectivity index (χ0n) is 12.2. The van der Waals surface area contributed by atoms with Crippen LogP contribution in [0.1, 0.15) is 5.01 Å². The highest BCUT2D eigenvalue weighted by Gasteiger charge is 2.14. The lowest BCUT2D eigenvalue weighted by Gasteiger charge is -2.09. The van der Waals surface area contributed by atoms with Crippen molar-refractivity contribution in [3.8, 4) is 11.3 Å². The summed E-state index contributed by atoms with van der Waals surface area (Å²) in [7, 11) is -3.76. The molecule has 0 saturated heterocycles. The Balaban J connectivity index is 1.89. The Morgan fingerprint density at radius 3 is 2.52 bits per heavy atom. The van der Waals surface area contributed by atoms with Crippen LogP contribution >= 0.6 is 11.3 Å². The molecule has 1 N–H and O–H groups in total. The number of nitrogens with zero attached hydrogens (tertiary/aromatic N) is 1. The zero-order valence-corrected chi connectivity index (χ0v) is 13.8. The molecule has 4 nitrogen and oxygen atoms in total. The second-order valence-corrected chi connectivity index (χ2v) is 7.64. The molecule has 0 fully saturated rings. The van der Waals surface area contributed by atoms with Gasteiger partial charge in [-0.2, -0.15) is 0 Å². The van der Waals surface area contributed by atoms with Crippen LogP contribution in [0.2, 0.25) is 0 Å². The van der Waals surface area contributed by atoms with Crippen LogP contribution in [0, 0.1) is 12.7 Å². The molecule has 0 aliphatic carbocycles. The highest BCUT2D eigenvalue weighted by molar-refractivity contribution is 7.92. The Hall–Kier alpha value is -2.25. The summed E-state index contributed by atoms with van der Waals surface area (Å²) in [6.07, 6.45) is 0. The summed E-state index contributed by atoms with van der Waals surface area (Å²) in [5.41, 5.74) is 2.06. The van der Waals surface area contributed by atoms with Gasteiger partial charge in [0.05, 0.1) is 15.6 Å². The Bertz CT molecular complexity index is 935. The van der Waals surface area contributed by atoms with Crippen molar-refractivity contribution in [3.05, 3.63) is 64.7 Å². The summed E-state index contributed by atoms with van der Waals surface area (Å²) < 4.78 is 40.1. The first-order valence-electron chi connectivity index (χ1n) is 6.75. The maximum absolute atomic E-state index is 12.9. The minimum atomic E-state index is -3.76. The van der Waals surface area contributed by atoms with Crippen molar-refractivity contribution in [2.45, 2.75) is 11.8 Å². The minimum absolute atomic E-state index is 0.00815. The average molecular weight is 348 g/mol. The molecule has 3 aromatic rings. The van der Waals surface area contributed by atoms with Crippen LogP contribution in [-0.2, 0) is 10.0 Å². The normalized spacial score (nSPS) is 11.4. The van der Waals surface area contributed by atoms with Gasteiger partial charge in [-0.3, -0.25) is 4.72 Å². The third-order valence-electron chi connectivity index (χ3n) is 3.15. The number of rotatable bonds is 4. The van der Waals surface area contributed by atoms with E-state index in [9.17, 15) is 12.8 Å². The van der Waals surface area contributed by atoms with E-state index >= 15 is 0 Å². The lowest BCUT2D eigenvalue weighted by atomic mass is 10.1. The maximum Gasteiger partial charge on any atom is 0.261 e. The molecule has 0 aliphatic heterocycles. The first-order valence-corrected chi connectivity index (χ1v) is 9.11. The van der Waals surface area contributed by atoms with Gasteiger partial charge in [0.2, 0.25) is 0 Å². The minimum Gasteiger partial charge on any atom is -0.280 e. The third kappa shape index (κ3) is 3.57. The van der Waals surface area contributed by atoms with Crippen LogP contribution in [0.3, 0.4) is 0 Å². The number of sulfonamides is 1. The molecule has 0 spiro atoms. The van der Waals surface area contributed by atoms with Gasteiger partial charge in [-0.15, -0.1) is 11.3 Å². The van der Waals surface area contributed by atoms with Gasteiger partial charge in [0.15, 0.2) is 0 Å². The van der Waals surface area contributed by atoms with Gasteiger partial charge in [0.1, 0.15) is 5.82 Å². The summed E-state index contributed by atoms with van der Waals surface area (Å²) in [4.78, 5) is 4.39. The number of benzene rings is 2. The van der Waals surface area contributed by atoms with Crippen molar-refractivity contribution in [1.82, 2.24) is 4.98 Å². The molecular formula is C16H13FN2O2S2. The molecule has 7 heteroatoms. The maximum atomic E-state index is 12.9. The largest absolute Gasteiger partial charge is 0.280 e. The van der Waals surface area contributed by atoms with Crippen LogP contribution in [-0.4, -0.2) is 13.4 Å². The van der Waals surface area contributed by atoms with E-state index in [1.54, 1.807) is 18.2 Å². The van der Waals surface area contributed by atoms with E-state index in [-0.39, 0.29) is 4.90 Å². The number of thiazole rings is 1. The molecule has 1 heterocycles. The number of aromatic nitrogens is 1. The molecule has 3 rings (SSSR count). The lowest BCUT2D eigenvalue weighted by molar-refractivity contribution is 0.599. The first kappa shape index (κ1) is 15.6. The number of halogens is 1. The average Bonchev–Trinajstić information content (AvgIpc) is 2.94. The zero-order chi connectivity index (χ0) is 16.4. The molecule has 0 aliphatic rings. The fourth-order valence-electron chi connectivity index (χ4n) is 2.07. The second kappa shape index (κ2) is 6.10. The van der Waals surface area contributed by atoms with E-state index in [2.05, 4.69) is 9.71 Å². The molecule has 0 radical (unpaired) electrons. The van der Waals surface area contributed by atoms with Crippen molar-refractivity contribution >= 4 is 27.0 Å². The molecule has 0 amide bonds. The van der Waals surface area contributed by atoms with Crippen LogP contribution in [0.5, 0.6) is 0 Å². The predicted octanol–water partition coefficient (Wildman–Crippen LogP) is 4.06. The number of hydrogen-bond donors (Lipinski definition) is 1. The van der Waals surface area contributed by atoms with Gasteiger partial charge in [0.25, 0.3) is 10.0 Å². The van der Waals surface area contributed by atoms with Gasteiger partial charge in [0, 0.05) is 16.6 Å². The van der Waals surface area contributed by atoms with E-state index in [0.29, 0.717) is 5.69 Å². The molecule has 2 aromatic carbocycles. The Labute approximate surface area is 137 Å². The van der Waals surface area contributed by atoms with Crippen LogP contribution in [0.4, 0.5) is 10.1 Å². The summed E-state index contributed by atoms with van der Waals surface area (Å²) >= 11 is 1.53. The summed E-state index contributed by atoms with van der Waals surface area (Å²) in [5, 5.41) is 2.86. The van der Waals surface area contributed by atoms with E-state index < -0.39 is 15.8 Å². The fourth-order valence-corrected chi connectivity index (χ4v) is 3.74. The molecule has 118 valence electrons. The molecule has 0 bridgehead atoms. The summed E-state index contributed by atoms with van der Waals surface area (Å²) in [6.45, 7) is 1.91. The van der Waals surface area contributed by atoms with Gasteiger partial charge < -0.3 is 0 Å². The molecule has 0 saturated carbocycles. The Morgan fingerprint density at radius 2 is 1.87 bits per heavy atom. The van der Waals surface area contributed by atoms with Gasteiger partial charge in [-0.25, -0.2) is 17.8 Å². The molecule has 0 atom stereocenters. The van der Waals surface area contributed by atoms with Crippen molar-refractivity contribution < 1.29 is 12.8 Å². The SMILES string of the molecule is Cc1nc(-c2cccc(NS(=O)(=O)c3ccc(F)cc3)c2)cs1. The third-order valence-corrected chi connectivity index (χ3v) is 5.32. The number of nitrogens with one attached hydrogen (secondary N) is 1. The van der Waals surface area contributed by atoms with E-state index in [1.807, 2.05) is 18.4 Å². The topological polar surface area (TPSA) is 59.1 Å². The molecule has 0 unspecified atom stereocenters. The van der Waals surface area contributed by atoms with Crippen molar-refractivity contribution in [1.29, 1.82) is 0 Å². The van der Waals surface area contributed by atoms with Gasteiger partial charge in [-0.05, 0) is 43.3 Å². The highest BCUT2D eigenvalue weighted by atomic mass is 32.2. The standard InChI is InChI=1S/C16H13FN2O2S2/c1-11-18-16(10-22-11)12-3-2-4-14(9-12)19-23(20,21)15-7-5-13(17)6-8-15/h2-10,19H,1H3. The molecular weight excluding hydrogens is 335 g/mol. The van der Waals surface area contributed by atoms with Gasteiger partial charge >= 0.3 is 0 Å². The predicted molar refractivity (Wildman–Crippen MR) is 89.5 cm³/mol. The van der Waals surface area contributed by atoms with E-state index in [1.165, 1.54) is 23.5 Å². The van der Waals surface area contributed by atoms with Crippen molar-refractivity contribution in [2.75, 3.05) is 4.72 Å². The molecule has 1 aromatic heterocycles. The van der Waals surface area contributed by atoms with Crippen molar-refractivity contribution in [3.63, 3.8) is 0 Å². The van der Waals surface area contributed by atoms with E-state index in [4.69, 9.17) is 0 Å². The number of hydrogen-bond acceptors (Lipinski definition) is 4. The number of anilines is 1. The number of aryl methyl sites for hydroxylation is 1. The first-order chi connectivity index (χ1) is 10.9. The fraction of sp³-hybridized carbons (Fsp3) is 0.0625. The summed E-state index contributed by atoms with van der Waals surface area (Å²) in [5.74, 6) is -0.482. The lowest BCUT2D eigenvalue weighted by Crippen LogP contribution is -2.12.